The summed E-state index contributed by atoms with van der Waals surface area (Å²) in [5.74, 6) is 0. The minimum Gasteiger partial charge on any atom is -0.380 e. The molecule has 0 bridgehead atoms. The van der Waals surface area contributed by atoms with Crippen LogP contribution in [-0.2, 0) is 7.80 Å². The second-order valence-electron chi connectivity index (χ2n) is 2.96. The van der Waals surface area contributed by atoms with Gasteiger partial charge in [0.15, 0.2) is 0 Å². The fourth-order valence-corrected chi connectivity index (χ4v) is 1.88. The molecule has 66 valence electrons. The van der Waals surface area contributed by atoms with Gasteiger partial charge in [-0.3, -0.25) is 4.90 Å². The van der Waals surface area contributed by atoms with E-state index in [9.17, 15) is 0 Å². The van der Waals surface area contributed by atoms with Crippen molar-refractivity contribution >= 4 is 23.0 Å². The second kappa shape index (κ2) is 4.59. The van der Waals surface area contributed by atoms with Crippen molar-refractivity contribution in [3.05, 3.63) is 0 Å². The maximum Gasteiger partial charge on any atom is 0.109 e. The van der Waals surface area contributed by atoms with Gasteiger partial charge < -0.3 is 7.80 Å². The van der Waals surface area contributed by atoms with Gasteiger partial charge in [0, 0.05) is 19.7 Å². The van der Waals surface area contributed by atoms with Crippen LogP contribution in [0.3, 0.4) is 0 Å². The fraction of sp³-hybridized carbons (Fsp3) is 1.00. The molecule has 1 rings (SSSR count). The van der Waals surface area contributed by atoms with Crippen molar-refractivity contribution in [2.45, 2.75) is 18.6 Å². The molecule has 0 radical (unpaired) electrons. The summed E-state index contributed by atoms with van der Waals surface area (Å²) >= 11 is 1.94. The summed E-state index contributed by atoms with van der Waals surface area (Å²) in [7, 11) is 3.88. The Labute approximate surface area is 81.7 Å². The lowest BCUT2D eigenvalue weighted by Crippen LogP contribution is -2.28. The first kappa shape index (κ1) is 9.70. The van der Waals surface area contributed by atoms with Gasteiger partial charge in [0.1, 0.15) is 23.0 Å². The van der Waals surface area contributed by atoms with Gasteiger partial charge in [-0.1, -0.05) is 0 Å². The highest BCUT2D eigenvalue weighted by Gasteiger charge is 2.29. The molecule has 1 aliphatic heterocycles. The highest BCUT2D eigenvalue weighted by atomic mass is 127. The Kier molecular flexibility index (Phi) is 4.05. The lowest BCUT2D eigenvalue weighted by Gasteiger charge is -2.16. The first-order valence-corrected chi connectivity index (χ1v) is 4.62. The topological polar surface area (TPSA) is 21.7 Å². The van der Waals surface area contributed by atoms with Gasteiger partial charge in [0.25, 0.3) is 0 Å². The van der Waals surface area contributed by atoms with Crippen molar-refractivity contribution in [2.75, 3.05) is 27.3 Å². The number of rotatable bonds is 3. The molecule has 0 aromatic heterocycles. The van der Waals surface area contributed by atoms with Crippen LogP contribution in [0.2, 0.25) is 0 Å². The Morgan fingerprint density at radius 1 is 1.64 bits per heavy atom. The number of nitrogens with zero attached hydrogens (tertiary/aromatic N) is 1. The van der Waals surface area contributed by atoms with Crippen molar-refractivity contribution in [2.24, 2.45) is 0 Å². The number of ether oxygens (including phenoxy) is 1. The van der Waals surface area contributed by atoms with Crippen LogP contribution in [0, 0.1) is 0 Å². The van der Waals surface area contributed by atoms with E-state index < -0.39 is 0 Å². The Bertz CT molecular complexity index is 123. The molecular formula is C7H14INO2. The Hall–Kier alpha value is 0.610. The van der Waals surface area contributed by atoms with E-state index in [0.717, 1.165) is 19.6 Å². The largest absolute Gasteiger partial charge is 0.380 e. The van der Waals surface area contributed by atoms with E-state index in [4.69, 9.17) is 7.80 Å². The first-order chi connectivity index (χ1) is 5.27. The minimum atomic E-state index is 0.400. The van der Waals surface area contributed by atoms with Gasteiger partial charge in [0.2, 0.25) is 0 Å². The molecule has 1 fully saturated rings. The van der Waals surface area contributed by atoms with Crippen molar-refractivity contribution in [1.82, 2.24) is 4.90 Å². The van der Waals surface area contributed by atoms with E-state index in [-0.39, 0.29) is 0 Å². The SMILES string of the molecule is CO[C@@H]1C[C@@H](COI)N(C)C1. The molecule has 4 heteroatoms. The third-order valence-corrected chi connectivity index (χ3v) is 2.60. The van der Waals surface area contributed by atoms with Crippen LogP contribution in [-0.4, -0.2) is 44.4 Å². The molecule has 1 heterocycles. The third kappa shape index (κ3) is 2.54. The number of methoxy groups -OCH3 is 1. The second-order valence-corrected chi connectivity index (χ2v) is 3.59. The Balaban J connectivity index is 2.32. The van der Waals surface area contributed by atoms with Crippen LogP contribution in [0.15, 0.2) is 0 Å². The summed E-state index contributed by atoms with van der Waals surface area (Å²) in [5.41, 5.74) is 0. The molecule has 1 aliphatic rings. The number of hydrogen-bond donors (Lipinski definition) is 0. The van der Waals surface area contributed by atoms with Crippen molar-refractivity contribution in [3.8, 4) is 0 Å². The monoisotopic (exact) mass is 271 g/mol. The molecule has 3 nitrogen and oxygen atoms in total. The predicted molar refractivity (Wildman–Crippen MR) is 51.8 cm³/mol. The van der Waals surface area contributed by atoms with Gasteiger partial charge in [-0.15, -0.1) is 0 Å². The number of likely N-dealkylation sites (N-methyl/N-ethyl adjacent to an activating group) is 1. The van der Waals surface area contributed by atoms with Gasteiger partial charge >= 0.3 is 0 Å². The molecule has 11 heavy (non-hydrogen) atoms. The maximum absolute atomic E-state index is 5.26. The van der Waals surface area contributed by atoms with Crippen LogP contribution < -0.4 is 0 Å². The summed E-state index contributed by atoms with van der Waals surface area (Å²) in [4.78, 5) is 2.28. The number of likely N-dealkylation sites (tertiary alicyclic amines) is 1. The first-order valence-electron chi connectivity index (χ1n) is 3.74. The van der Waals surface area contributed by atoms with E-state index in [1.165, 1.54) is 0 Å². The highest BCUT2D eigenvalue weighted by molar-refractivity contribution is 14.1. The van der Waals surface area contributed by atoms with Gasteiger partial charge in [-0.05, 0) is 13.5 Å². The van der Waals surface area contributed by atoms with E-state index in [0.29, 0.717) is 12.1 Å². The fourth-order valence-electron chi connectivity index (χ4n) is 1.47. The molecule has 0 amide bonds. The zero-order valence-corrected chi connectivity index (χ0v) is 9.08. The van der Waals surface area contributed by atoms with Crippen molar-refractivity contribution in [1.29, 1.82) is 0 Å². The molecule has 1 saturated heterocycles. The van der Waals surface area contributed by atoms with Gasteiger partial charge in [0.05, 0.1) is 12.7 Å². The molecule has 2 atom stereocenters. The van der Waals surface area contributed by atoms with Crippen LogP contribution in [0.1, 0.15) is 6.42 Å². The standard InChI is InChI=1S/C7H14INO2/c1-9-4-7(10-2)3-6(9)5-11-8/h6-7H,3-5H2,1-2H3/t6-,7+/m0/s1. The van der Waals surface area contributed by atoms with Crippen LogP contribution >= 0.6 is 23.0 Å². The molecule has 0 spiro atoms. The number of hydrogen-bond acceptors (Lipinski definition) is 3. The van der Waals surface area contributed by atoms with Gasteiger partial charge in [-0.2, -0.15) is 0 Å². The summed E-state index contributed by atoms with van der Waals surface area (Å²) < 4.78 is 10.3. The average molecular weight is 271 g/mol. The normalized spacial score (nSPS) is 33.0. The smallest absolute Gasteiger partial charge is 0.109 e. The third-order valence-electron chi connectivity index (χ3n) is 2.24. The molecule has 0 aliphatic carbocycles. The van der Waals surface area contributed by atoms with Crippen LogP contribution in [0.4, 0.5) is 0 Å². The van der Waals surface area contributed by atoms with Crippen LogP contribution in [0.25, 0.3) is 0 Å². The molecule has 0 unspecified atom stereocenters. The van der Waals surface area contributed by atoms with Crippen molar-refractivity contribution in [3.63, 3.8) is 0 Å². The zero-order chi connectivity index (χ0) is 8.27. The molecular weight excluding hydrogens is 257 g/mol. The Morgan fingerprint density at radius 3 is 2.82 bits per heavy atom. The van der Waals surface area contributed by atoms with Gasteiger partial charge in [-0.25, -0.2) is 0 Å². The van der Waals surface area contributed by atoms with E-state index in [1.807, 2.05) is 23.0 Å². The number of halogens is 1. The van der Waals surface area contributed by atoms with E-state index in [1.54, 1.807) is 7.11 Å². The molecule has 0 aromatic rings. The molecule has 0 N–H and O–H groups in total. The summed E-state index contributed by atoms with van der Waals surface area (Å²) in [6, 6.07) is 0.539. The quantitative estimate of drug-likeness (QED) is 0.717. The van der Waals surface area contributed by atoms with E-state index in [2.05, 4.69) is 11.9 Å². The summed E-state index contributed by atoms with van der Waals surface area (Å²) in [5, 5.41) is 0. The zero-order valence-electron chi connectivity index (χ0n) is 6.92. The van der Waals surface area contributed by atoms with Crippen LogP contribution in [0.5, 0.6) is 0 Å². The Morgan fingerprint density at radius 2 is 2.36 bits per heavy atom. The lowest BCUT2D eigenvalue weighted by atomic mass is 10.2. The highest BCUT2D eigenvalue weighted by Crippen LogP contribution is 2.18. The minimum absolute atomic E-state index is 0.400. The molecule has 0 aromatic carbocycles. The lowest BCUT2D eigenvalue weighted by molar-refractivity contribution is 0.111. The van der Waals surface area contributed by atoms with E-state index >= 15 is 0 Å². The maximum atomic E-state index is 5.26. The molecule has 0 saturated carbocycles. The predicted octanol–water partition coefficient (Wildman–Crippen LogP) is 1.07. The van der Waals surface area contributed by atoms with Crippen molar-refractivity contribution < 1.29 is 7.80 Å². The average Bonchev–Trinajstić information content (AvgIpc) is 2.33. The summed E-state index contributed by atoms with van der Waals surface area (Å²) in [6.45, 7) is 1.83. The summed E-state index contributed by atoms with van der Waals surface area (Å²) in [6.07, 6.45) is 1.49.